The van der Waals surface area contributed by atoms with Gasteiger partial charge in [0.15, 0.2) is 0 Å². The molecule has 0 saturated heterocycles. The Morgan fingerprint density at radius 1 is 1.33 bits per heavy atom. The van der Waals surface area contributed by atoms with Gasteiger partial charge in [-0.1, -0.05) is 30.4 Å². The number of nitrogens with zero attached hydrogens (tertiary/aromatic N) is 1. The molecule has 96 valence electrons. The van der Waals surface area contributed by atoms with Crippen LogP contribution in [-0.4, -0.2) is 22.7 Å². The van der Waals surface area contributed by atoms with E-state index in [-0.39, 0.29) is 12.5 Å². The van der Waals surface area contributed by atoms with Gasteiger partial charge in [-0.05, 0) is 42.4 Å². The third kappa shape index (κ3) is 3.20. The van der Waals surface area contributed by atoms with E-state index in [0.29, 0.717) is 5.06 Å². The lowest BCUT2D eigenvalue weighted by Gasteiger charge is -2.15. The van der Waals surface area contributed by atoms with Crippen LogP contribution in [0.5, 0.6) is 0 Å². The average Bonchev–Trinajstić information content (AvgIpc) is 2.38. The summed E-state index contributed by atoms with van der Waals surface area (Å²) in [6, 6.07) is 6.49. The Morgan fingerprint density at radius 3 is 2.78 bits per heavy atom. The van der Waals surface area contributed by atoms with Gasteiger partial charge in [0.1, 0.15) is 0 Å². The second kappa shape index (κ2) is 5.83. The maximum absolute atomic E-state index is 10.8. The number of amides is 1. The van der Waals surface area contributed by atoms with Crippen LogP contribution < -0.4 is 0 Å². The molecule has 0 heterocycles. The molecule has 1 amide bonds. The molecule has 3 nitrogen and oxygen atoms in total. The number of hydrogen-bond acceptors (Lipinski definition) is 2. The molecule has 1 aromatic carbocycles. The van der Waals surface area contributed by atoms with Crippen LogP contribution >= 0.6 is 0 Å². The summed E-state index contributed by atoms with van der Waals surface area (Å²) >= 11 is 0. The predicted octanol–water partition coefficient (Wildman–Crippen LogP) is 2.82. The second-order valence-corrected chi connectivity index (χ2v) is 4.74. The monoisotopic (exact) mass is 245 g/mol. The molecule has 1 aliphatic rings. The lowest BCUT2D eigenvalue weighted by atomic mass is 9.90. The van der Waals surface area contributed by atoms with Gasteiger partial charge >= 0.3 is 0 Å². The molecule has 0 aliphatic heterocycles. The van der Waals surface area contributed by atoms with Crippen LogP contribution in [0.3, 0.4) is 0 Å². The van der Waals surface area contributed by atoms with Gasteiger partial charge in [0, 0.05) is 6.92 Å². The molecule has 1 N–H and O–H groups in total. The molecular weight excluding hydrogens is 226 g/mol. The molecule has 2 rings (SSSR count). The largest absolute Gasteiger partial charge is 0.286 e. The summed E-state index contributed by atoms with van der Waals surface area (Å²) in [7, 11) is 0. The summed E-state index contributed by atoms with van der Waals surface area (Å²) in [6.07, 6.45) is 8.66. The SMILES string of the molecule is CC(=O)N(O)C/C=C/c1ccc2c(c1)CCCC2. The Morgan fingerprint density at radius 2 is 2.06 bits per heavy atom. The number of aryl methyl sites for hydroxylation is 2. The summed E-state index contributed by atoms with van der Waals surface area (Å²) in [6.45, 7) is 1.57. The first-order valence-corrected chi connectivity index (χ1v) is 6.42. The molecule has 18 heavy (non-hydrogen) atoms. The Balaban J connectivity index is 2.01. The van der Waals surface area contributed by atoms with Crippen LogP contribution in [0.1, 0.15) is 36.5 Å². The summed E-state index contributed by atoms with van der Waals surface area (Å²) < 4.78 is 0. The van der Waals surface area contributed by atoms with Crippen molar-refractivity contribution >= 4 is 12.0 Å². The van der Waals surface area contributed by atoms with Gasteiger partial charge in [-0.25, -0.2) is 5.06 Å². The zero-order valence-electron chi connectivity index (χ0n) is 10.7. The fraction of sp³-hybridized carbons (Fsp3) is 0.400. The Bertz CT molecular complexity index is 466. The van der Waals surface area contributed by atoms with E-state index in [9.17, 15) is 10.0 Å². The molecule has 0 radical (unpaired) electrons. The highest BCUT2D eigenvalue weighted by Crippen LogP contribution is 2.22. The highest BCUT2D eigenvalue weighted by atomic mass is 16.5. The molecule has 0 spiro atoms. The molecule has 0 bridgehead atoms. The van der Waals surface area contributed by atoms with Gasteiger partial charge in [-0.15, -0.1) is 0 Å². The minimum Gasteiger partial charge on any atom is -0.286 e. The van der Waals surface area contributed by atoms with E-state index in [4.69, 9.17) is 0 Å². The maximum atomic E-state index is 10.8. The van der Waals surface area contributed by atoms with Gasteiger partial charge in [0.2, 0.25) is 5.91 Å². The highest BCUT2D eigenvalue weighted by Gasteiger charge is 2.08. The van der Waals surface area contributed by atoms with Gasteiger partial charge in [-0.2, -0.15) is 0 Å². The van der Waals surface area contributed by atoms with Crippen LogP contribution in [0.4, 0.5) is 0 Å². The van der Waals surface area contributed by atoms with E-state index in [0.717, 1.165) is 12.0 Å². The molecule has 1 aliphatic carbocycles. The van der Waals surface area contributed by atoms with Crippen molar-refractivity contribution in [3.8, 4) is 0 Å². The van der Waals surface area contributed by atoms with Crippen molar-refractivity contribution in [2.45, 2.75) is 32.6 Å². The summed E-state index contributed by atoms with van der Waals surface area (Å²) in [5.41, 5.74) is 4.04. The number of benzene rings is 1. The predicted molar refractivity (Wildman–Crippen MR) is 71.3 cm³/mol. The van der Waals surface area contributed by atoms with E-state index < -0.39 is 0 Å². The fourth-order valence-corrected chi connectivity index (χ4v) is 2.27. The molecule has 0 unspecified atom stereocenters. The first-order valence-electron chi connectivity index (χ1n) is 6.42. The molecule has 0 fully saturated rings. The first-order chi connectivity index (χ1) is 8.66. The van der Waals surface area contributed by atoms with Crippen LogP contribution in [0.15, 0.2) is 24.3 Å². The topological polar surface area (TPSA) is 40.5 Å². The van der Waals surface area contributed by atoms with Gasteiger partial charge in [0.05, 0.1) is 6.54 Å². The highest BCUT2D eigenvalue weighted by molar-refractivity contribution is 5.72. The fourth-order valence-electron chi connectivity index (χ4n) is 2.27. The molecule has 0 aromatic heterocycles. The Kier molecular flexibility index (Phi) is 4.15. The van der Waals surface area contributed by atoms with Crippen molar-refractivity contribution in [2.75, 3.05) is 6.54 Å². The smallest absolute Gasteiger partial charge is 0.243 e. The Hall–Kier alpha value is -1.61. The second-order valence-electron chi connectivity index (χ2n) is 4.74. The molecule has 0 atom stereocenters. The normalized spacial score (nSPS) is 14.6. The van der Waals surface area contributed by atoms with E-state index in [1.165, 1.54) is 37.3 Å². The van der Waals surface area contributed by atoms with Crippen LogP contribution in [0.25, 0.3) is 6.08 Å². The lowest BCUT2D eigenvalue weighted by molar-refractivity contribution is -0.160. The van der Waals surface area contributed by atoms with Crippen molar-refractivity contribution in [3.05, 3.63) is 41.0 Å². The zero-order valence-corrected chi connectivity index (χ0v) is 10.7. The number of rotatable bonds is 3. The number of carbonyl (C=O) groups excluding carboxylic acids is 1. The zero-order chi connectivity index (χ0) is 13.0. The lowest BCUT2D eigenvalue weighted by Crippen LogP contribution is -2.24. The van der Waals surface area contributed by atoms with E-state index in [1.54, 1.807) is 6.08 Å². The van der Waals surface area contributed by atoms with Crippen molar-refractivity contribution in [1.29, 1.82) is 0 Å². The van der Waals surface area contributed by atoms with E-state index in [2.05, 4.69) is 18.2 Å². The molecule has 1 aromatic rings. The van der Waals surface area contributed by atoms with Crippen molar-refractivity contribution in [2.24, 2.45) is 0 Å². The number of carbonyl (C=O) groups is 1. The summed E-state index contributed by atoms with van der Waals surface area (Å²) in [5, 5.41) is 9.93. The Labute approximate surface area is 108 Å². The maximum Gasteiger partial charge on any atom is 0.243 e. The van der Waals surface area contributed by atoms with Gasteiger partial charge in [-0.3, -0.25) is 10.0 Å². The molecular formula is C15H19NO2. The van der Waals surface area contributed by atoms with Crippen LogP contribution in [-0.2, 0) is 17.6 Å². The standard InChI is InChI=1S/C15H19NO2/c1-12(17)16(18)10-4-5-13-8-9-14-6-2-3-7-15(14)11-13/h4-5,8-9,11,18H,2-3,6-7,10H2,1H3/b5-4+. The number of hydroxylamine groups is 2. The molecule has 0 saturated carbocycles. The first kappa shape index (κ1) is 12.8. The van der Waals surface area contributed by atoms with Crippen LogP contribution in [0.2, 0.25) is 0 Å². The van der Waals surface area contributed by atoms with E-state index >= 15 is 0 Å². The van der Waals surface area contributed by atoms with Gasteiger partial charge in [0.25, 0.3) is 0 Å². The summed E-state index contributed by atoms with van der Waals surface area (Å²) in [5.74, 6) is -0.343. The van der Waals surface area contributed by atoms with Crippen molar-refractivity contribution in [1.82, 2.24) is 5.06 Å². The third-order valence-electron chi connectivity index (χ3n) is 3.32. The average molecular weight is 245 g/mol. The minimum atomic E-state index is -0.343. The number of fused-ring (bicyclic) bond motifs is 1. The van der Waals surface area contributed by atoms with Crippen molar-refractivity contribution in [3.63, 3.8) is 0 Å². The quantitative estimate of drug-likeness (QED) is 0.657. The van der Waals surface area contributed by atoms with Crippen LogP contribution in [0, 0.1) is 0 Å². The van der Waals surface area contributed by atoms with Crippen molar-refractivity contribution < 1.29 is 10.0 Å². The third-order valence-corrected chi connectivity index (χ3v) is 3.32. The number of hydrogen-bond donors (Lipinski definition) is 1. The molecule has 3 heteroatoms. The van der Waals surface area contributed by atoms with E-state index in [1.807, 2.05) is 6.08 Å². The summed E-state index contributed by atoms with van der Waals surface area (Å²) in [4.78, 5) is 10.8. The minimum absolute atomic E-state index is 0.229. The van der Waals surface area contributed by atoms with Gasteiger partial charge < -0.3 is 0 Å².